The van der Waals surface area contributed by atoms with Gasteiger partial charge in [-0.3, -0.25) is 19.1 Å². The van der Waals surface area contributed by atoms with Crippen molar-refractivity contribution in [2.75, 3.05) is 6.54 Å². The summed E-state index contributed by atoms with van der Waals surface area (Å²) in [6.07, 6.45) is 0.559. The van der Waals surface area contributed by atoms with Gasteiger partial charge in [0.2, 0.25) is 33.6 Å². The number of hydrogen-bond donors (Lipinski definition) is 2. The standard InChI is InChI=1S/C33H43F2N5O6S/c1-3-23-28(38-25-11-7-6-10-24(25)37-23)46-21-15-26-27(41)18-32(30(43)39-47(44,45)31(2)13-14-31)16-20(32)17-33(34,35)12-8-4-5-9-22(36)29(42)40(26)19-21/h6-7,10-11,20-22,26H,3-5,8-9,12-19,36H2,1-2H3,(H,39,43)/t20-,21+,22-,26-,32+/m0/s1. The van der Waals surface area contributed by atoms with E-state index in [1.165, 1.54) is 11.8 Å². The molecule has 2 aromatic rings. The van der Waals surface area contributed by atoms with Crippen molar-refractivity contribution in [1.82, 2.24) is 19.6 Å². The van der Waals surface area contributed by atoms with Crippen LogP contribution in [0, 0.1) is 11.3 Å². The Bertz CT molecular complexity index is 1680. The molecule has 2 aliphatic carbocycles. The second-order valence-corrected chi connectivity index (χ2v) is 16.3. The lowest BCUT2D eigenvalue weighted by Crippen LogP contribution is -2.50. The Morgan fingerprint density at radius 1 is 1.09 bits per heavy atom. The number of ether oxygens (including phenoxy) is 1. The van der Waals surface area contributed by atoms with Gasteiger partial charge >= 0.3 is 0 Å². The van der Waals surface area contributed by atoms with Crippen molar-refractivity contribution in [3.63, 3.8) is 0 Å². The normalized spacial score (nSPS) is 30.9. The number of rotatable bonds is 6. The molecule has 0 spiro atoms. The Morgan fingerprint density at radius 2 is 1.79 bits per heavy atom. The number of ketones is 1. The summed E-state index contributed by atoms with van der Waals surface area (Å²) in [6, 6.07) is 5.37. The summed E-state index contributed by atoms with van der Waals surface area (Å²) in [5.74, 6) is -5.57. The third-order valence-corrected chi connectivity index (χ3v) is 12.7. The number of nitrogens with two attached hydrogens (primary N) is 1. The summed E-state index contributed by atoms with van der Waals surface area (Å²) in [5.41, 5.74) is 6.63. The summed E-state index contributed by atoms with van der Waals surface area (Å²) >= 11 is 0. The molecule has 256 valence electrons. The zero-order valence-corrected chi connectivity index (χ0v) is 27.7. The predicted molar refractivity (Wildman–Crippen MR) is 169 cm³/mol. The summed E-state index contributed by atoms with van der Waals surface area (Å²) in [4.78, 5) is 52.2. The third-order valence-electron chi connectivity index (χ3n) is 10.6. The first-order valence-corrected chi connectivity index (χ1v) is 18.1. The topological polar surface area (TPSA) is 162 Å². The van der Waals surface area contributed by atoms with Gasteiger partial charge < -0.3 is 15.4 Å². The molecule has 5 atom stereocenters. The highest BCUT2D eigenvalue weighted by atomic mass is 32.2. The molecule has 3 heterocycles. The number of hydrogen-bond acceptors (Lipinski definition) is 9. The number of carbonyl (C=O) groups excluding carboxylic acids is 3. The monoisotopic (exact) mass is 675 g/mol. The van der Waals surface area contributed by atoms with Crippen molar-refractivity contribution in [2.24, 2.45) is 17.1 Å². The van der Waals surface area contributed by atoms with E-state index >= 15 is 8.78 Å². The van der Waals surface area contributed by atoms with Gasteiger partial charge in [0.05, 0.1) is 39.8 Å². The Labute approximate surface area is 273 Å². The van der Waals surface area contributed by atoms with Crippen LogP contribution >= 0.6 is 0 Å². The SMILES string of the molecule is CCc1nc2ccccc2nc1O[C@@H]1C[C@H]2C(=O)C[C@]3(C(=O)NS(=O)(=O)C4(C)CC4)C[C@H]3CC(F)(F)CCCCC[C@H](N)C(=O)N2C1. The number of Topliss-reactive ketones (excluding diaryl/α,β-unsaturated/α-hetero) is 1. The van der Waals surface area contributed by atoms with Crippen LogP contribution in [0.1, 0.15) is 90.2 Å². The number of alkyl halides is 2. The van der Waals surface area contributed by atoms with Crippen LogP contribution in [0.3, 0.4) is 0 Å². The average Bonchev–Trinajstić information content (AvgIpc) is 3.89. The molecule has 6 rings (SSSR count). The minimum absolute atomic E-state index is 0.0357. The van der Waals surface area contributed by atoms with Crippen LogP contribution in [0.4, 0.5) is 8.78 Å². The summed E-state index contributed by atoms with van der Waals surface area (Å²) in [6.45, 7) is 3.48. The largest absolute Gasteiger partial charge is 0.471 e. The highest BCUT2D eigenvalue weighted by molar-refractivity contribution is 7.91. The maximum absolute atomic E-state index is 15.1. The first-order valence-electron chi connectivity index (χ1n) is 16.6. The van der Waals surface area contributed by atoms with Gasteiger partial charge in [0.15, 0.2) is 5.78 Å². The molecule has 2 amide bonds. The maximum atomic E-state index is 15.1. The van der Waals surface area contributed by atoms with Crippen LogP contribution in [0.15, 0.2) is 24.3 Å². The van der Waals surface area contributed by atoms with E-state index in [1.807, 2.05) is 31.2 Å². The molecule has 14 heteroatoms. The van der Waals surface area contributed by atoms with Crippen LogP contribution in [0.2, 0.25) is 0 Å². The number of aryl methyl sites for hydroxylation is 1. The number of benzene rings is 1. The average molecular weight is 676 g/mol. The van der Waals surface area contributed by atoms with Crippen molar-refractivity contribution in [3.05, 3.63) is 30.0 Å². The van der Waals surface area contributed by atoms with Crippen molar-refractivity contribution in [2.45, 2.75) is 120 Å². The van der Waals surface area contributed by atoms with E-state index in [0.717, 1.165) is 0 Å². The molecule has 47 heavy (non-hydrogen) atoms. The molecule has 2 saturated carbocycles. The Morgan fingerprint density at radius 3 is 2.47 bits per heavy atom. The summed E-state index contributed by atoms with van der Waals surface area (Å²) in [5, 5.41) is 0. The number of amides is 2. The van der Waals surface area contributed by atoms with Gasteiger partial charge in [-0.2, -0.15) is 0 Å². The molecule has 2 aliphatic heterocycles. The van der Waals surface area contributed by atoms with Crippen LogP contribution < -0.4 is 15.2 Å². The smallest absolute Gasteiger partial charge is 0.248 e. The van der Waals surface area contributed by atoms with E-state index in [-0.39, 0.29) is 32.2 Å². The number of sulfonamides is 1. The van der Waals surface area contributed by atoms with Gasteiger partial charge in [-0.1, -0.05) is 31.9 Å². The molecule has 1 aromatic carbocycles. The fourth-order valence-corrected chi connectivity index (χ4v) is 8.44. The second-order valence-electron chi connectivity index (χ2n) is 14.2. The molecule has 4 aliphatic rings. The Balaban J connectivity index is 1.29. The highest BCUT2D eigenvalue weighted by Crippen LogP contribution is 2.60. The van der Waals surface area contributed by atoms with Gasteiger partial charge in [0.25, 0.3) is 0 Å². The van der Waals surface area contributed by atoms with Crippen LogP contribution in [-0.4, -0.2) is 76.3 Å². The van der Waals surface area contributed by atoms with E-state index in [1.54, 1.807) is 0 Å². The quantitative estimate of drug-likeness (QED) is 0.464. The lowest BCUT2D eigenvalue weighted by atomic mass is 9.89. The molecule has 2 saturated heterocycles. The van der Waals surface area contributed by atoms with Crippen LogP contribution in [0.25, 0.3) is 11.0 Å². The van der Waals surface area contributed by atoms with Gasteiger partial charge in [0, 0.05) is 25.7 Å². The fraction of sp³-hybridized carbons (Fsp3) is 0.667. The lowest BCUT2D eigenvalue weighted by molar-refractivity contribution is -0.140. The Hall–Kier alpha value is -3.26. The second kappa shape index (κ2) is 12.3. The van der Waals surface area contributed by atoms with Crippen LogP contribution in [-0.2, 0) is 30.8 Å². The van der Waals surface area contributed by atoms with E-state index in [2.05, 4.69) is 14.7 Å². The predicted octanol–water partition coefficient (Wildman–Crippen LogP) is 3.82. The molecule has 0 radical (unpaired) electrons. The third kappa shape index (κ3) is 6.72. The van der Waals surface area contributed by atoms with Gasteiger partial charge in [-0.05, 0) is 63.5 Å². The molecule has 0 unspecified atom stereocenters. The van der Waals surface area contributed by atoms with Crippen molar-refractivity contribution >= 4 is 38.7 Å². The molecule has 1 aromatic heterocycles. The number of nitrogens with one attached hydrogen (secondary N) is 1. The number of fused-ring (bicyclic) bond motifs is 3. The molecule has 11 nitrogen and oxygen atoms in total. The van der Waals surface area contributed by atoms with E-state index in [9.17, 15) is 22.8 Å². The van der Waals surface area contributed by atoms with Crippen LogP contribution in [0.5, 0.6) is 5.88 Å². The first-order chi connectivity index (χ1) is 22.2. The number of halogens is 2. The fourth-order valence-electron chi connectivity index (χ4n) is 7.10. The molecule has 0 bridgehead atoms. The van der Waals surface area contributed by atoms with Crippen molar-refractivity contribution in [3.8, 4) is 5.88 Å². The van der Waals surface area contributed by atoms with Crippen molar-refractivity contribution < 1.29 is 36.3 Å². The number of aromatic nitrogens is 2. The molecular weight excluding hydrogens is 632 g/mol. The minimum Gasteiger partial charge on any atom is -0.471 e. The minimum atomic E-state index is -4.07. The van der Waals surface area contributed by atoms with E-state index < -0.39 is 87.1 Å². The lowest BCUT2D eigenvalue weighted by Gasteiger charge is -2.28. The molecule has 4 fully saturated rings. The van der Waals surface area contributed by atoms with Gasteiger partial charge in [-0.25, -0.2) is 27.2 Å². The zero-order chi connectivity index (χ0) is 33.8. The zero-order valence-electron chi connectivity index (χ0n) is 26.8. The number of para-hydroxylation sites is 2. The number of nitrogens with zero attached hydrogens (tertiary/aromatic N) is 3. The van der Waals surface area contributed by atoms with Crippen molar-refractivity contribution in [1.29, 1.82) is 0 Å². The highest BCUT2D eigenvalue weighted by Gasteiger charge is 2.65. The number of carbonyl (C=O) groups is 3. The Kier molecular flexibility index (Phi) is 8.82. The van der Waals surface area contributed by atoms with Gasteiger partial charge in [0.1, 0.15) is 11.8 Å². The van der Waals surface area contributed by atoms with E-state index in [4.69, 9.17) is 10.5 Å². The first kappa shape index (κ1) is 33.6. The molecule has 3 N–H and O–H groups in total. The van der Waals surface area contributed by atoms with Gasteiger partial charge in [-0.15, -0.1) is 0 Å². The molecular formula is C33H43F2N5O6S. The summed E-state index contributed by atoms with van der Waals surface area (Å²) in [7, 11) is -4.07. The summed E-state index contributed by atoms with van der Waals surface area (Å²) < 4.78 is 63.6. The maximum Gasteiger partial charge on any atom is 0.248 e. The van der Waals surface area contributed by atoms with E-state index in [0.29, 0.717) is 54.7 Å².